The maximum absolute atomic E-state index is 4.56. The average molecular weight is 272 g/mol. The van der Waals surface area contributed by atoms with E-state index >= 15 is 0 Å². The lowest BCUT2D eigenvalue weighted by Crippen LogP contribution is -2.25. The molecule has 0 spiro atoms. The largest absolute Gasteiger partial charge is 0.308 e. The van der Waals surface area contributed by atoms with Crippen LogP contribution in [0.3, 0.4) is 0 Å². The van der Waals surface area contributed by atoms with Crippen LogP contribution >= 0.6 is 0 Å². The Morgan fingerprint density at radius 3 is 2.65 bits per heavy atom. The van der Waals surface area contributed by atoms with Gasteiger partial charge < -0.3 is 5.32 Å². The first kappa shape index (κ1) is 14.7. The summed E-state index contributed by atoms with van der Waals surface area (Å²) in [7, 11) is 1.95. The first-order valence-electron chi connectivity index (χ1n) is 7.39. The highest BCUT2D eigenvalue weighted by atomic mass is 15.3. The summed E-state index contributed by atoms with van der Waals surface area (Å²) < 4.78 is 1.85. The molecule has 4 nitrogen and oxygen atoms in total. The van der Waals surface area contributed by atoms with Crippen LogP contribution in [0.2, 0.25) is 0 Å². The molecule has 4 heteroatoms. The SMILES string of the molecule is CCCNC(Cc1ccc(CC)cn1)c1ccn(C)n1. The van der Waals surface area contributed by atoms with Crippen LogP contribution in [0.25, 0.3) is 0 Å². The number of aryl methyl sites for hydroxylation is 2. The molecule has 108 valence electrons. The van der Waals surface area contributed by atoms with Gasteiger partial charge in [0.1, 0.15) is 0 Å². The lowest BCUT2D eigenvalue weighted by Gasteiger charge is -2.16. The molecular formula is C16H24N4. The van der Waals surface area contributed by atoms with Crippen molar-refractivity contribution >= 4 is 0 Å². The molecule has 0 saturated carbocycles. The molecule has 0 aromatic carbocycles. The number of hydrogen-bond donors (Lipinski definition) is 1. The van der Waals surface area contributed by atoms with Crippen molar-refractivity contribution in [2.45, 2.75) is 39.2 Å². The minimum atomic E-state index is 0.233. The molecule has 0 bridgehead atoms. The van der Waals surface area contributed by atoms with Gasteiger partial charge in [-0.15, -0.1) is 0 Å². The van der Waals surface area contributed by atoms with Gasteiger partial charge in [-0.1, -0.05) is 19.9 Å². The third-order valence-corrected chi connectivity index (χ3v) is 3.44. The molecule has 2 aromatic heterocycles. The van der Waals surface area contributed by atoms with Crippen molar-refractivity contribution in [2.75, 3.05) is 6.54 Å². The van der Waals surface area contributed by atoms with Gasteiger partial charge in [-0.3, -0.25) is 9.67 Å². The molecule has 0 aliphatic heterocycles. The average Bonchev–Trinajstić information content (AvgIpc) is 2.90. The molecule has 1 unspecified atom stereocenters. The second-order valence-corrected chi connectivity index (χ2v) is 5.14. The van der Waals surface area contributed by atoms with Gasteiger partial charge in [0.25, 0.3) is 0 Å². The number of aromatic nitrogens is 3. The molecule has 0 saturated heterocycles. The van der Waals surface area contributed by atoms with Crippen LogP contribution in [0.5, 0.6) is 0 Å². The summed E-state index contributed by atoms with van der Waals surface area (Å²) in [5.74, 6) is 0. The van der Waals surface area contributed by atoms with Gasteiger partial charge in [0.2, 0.25) is 0 Å². The summed E-state index contributed by atoms with van der Waals surface area (Å²) in [4.78, 5) is 4.56. The van der Waals surface area contributed by atoms with Gasteiger partial charge in [0.15, 0.2) is 0 Å². The highest BCUT2D eigenvalue weighted by molar-refractivity contribution is 5.17. The predicted octanol–water partition coefficient (Wildman–Crippen LogP) is 2.66. The zero-order chi connectivity index (χ0) is 14.4. The van der Waals surface area contributed by atoms with E-state index in [0.29, 0.717) is 0 Å². The molecule has 0 amide bonds. The monoisotopic (exact) mass is 272 g/mol. The van der Waals surface area contributed by atoms with Gasteiger partial charge in [-0.25, -0.2) is 0 Å². The fourth-order valence-electron chi connectivity index (χ4n) is 2.21. The Kier molecular flexibility index (Phi) is 5.30. The van der Waals surface area contributed by atoms with Crippen molar-refractivity contribution in [2.24, 2.45) is 7.05 Å². The van der Waals surface area contributed by atoms with E-state index in [4.69, 9.17) is 0 Å². The maximum atomic E-state index is 4.56. The number of nitrogens with one attached hydrogen (secondary N) is 1. The molecule has 2 aromatic rings. The number of rotatable bonds is 7. The van der Waals surface area contributed by atoms with Crippen LogP contribution in [-0.4, -0.2) is 21.3 Å². The molecule has 1 atom stereocenters. The Morgan fingerprint density at radius 1 is 1.25 bits per heavy atom. The minimum Gasteiger partial charge on any atom is -0.308 e. The van der Waals surface area contributed by atoms with E-state index in [9.17, 15) is 0 Å². The van der Waals surface area contributed by atoms with Crippen molar-refractivity contribution in [3.8, 4) is 0 Å². The highest BCUT2D eigenvalue weighted by Gasteiger charge is 2.14. The zero-order valence-electron chi connectivity index (χ0n) is 12.6. The Labute approximate surface area is 121 Å². The first-order valence-corrected chi connectivity index (χ1v) is 7.39. The second kappa shape index (κ2) is 7.20. The summed E-state index contributed by atoms with van der Waals surface area (Å²) in [6.07, 6.45) is 6.99. The van der Waals surface area contributed by atoms with Gasteiger partial charge in [0, 0.05) is 31.6 Å². The van der Waals surface area contributed by atoms with Crippen LogP contribution in [-0.2, 0) is 19.9 Å². The molecule has 0 aliphatic rings. The highest BCUT2D eigenvalue weighted by Crippen LogP contribution is 2.16. The molecule has 0 fully saturated rings. The third-order valence-electron chi connectivity index (χ3n) is 3.44. The lowest BCUT2D eigenvalue weighted by molar-refractivity contribution is 0.506. The van der Waals surface area contributed by atoms with Crippen LogP contribution in [0.4, 0.5) is 0 Å². The molecule has 20 heavy (non-hydrogen) atoms. The van der Waals surface area contributed by atoms with Gasteiger partial charge in [-0.05, 0) is 37.1 Å². The van der Waals surface area contributed by atoms with Crippen molar-refractivity contribution < 1.29 is 0 Å². The number of pyridine rings is 1. The van der Waals surface area contributed by atoms with Crippen LogP contribution in [0.15, 0.2) is 30.6 Å². The van der Waals surface area contributed by atoms with Gasteiger partial charge in [-0.2, -0.15) is 5.10 Å². The Balaban J connectivity index is 2.10. The van der Waals surface area contributed by atoms with E-state index in [0.717, 1.165) is 37.2 Å². The topological polar surface area (TPSA) is 42.7 Å². The summed E-state index contributed by atoms with van der Waals surface area (Å²) in [5, 5.41) is 8.08. The standard InChI is InChI=1S/C16H24N4/c1-4-9-17-16(15-8-10-20(3)19-15)11-14-7-6-13(5-2)12-18-14/h6-8,10,12,16-17H,4-5,9,11H2,1-3H3. The van der Waals surface area contributed by atoms with E-state index in [1.165, 1.54) is 5.56 Å². The smallest absolute Gasteiger partial charge is 0.0797 e. The molecule has 2 heterocycles. The second-order valence-electron chi connectivity index (χ2n) is 5.14. The van der Waals surface area contributed by atoms with Crippen LogP contribution in [0, 0.1) is 0 Å². The van der Waals surface area contributed by atoms with E-state index in [-0.39, 0.29) is 6.04 Å². The Bertz CT molecular complexity index is 516. The van der Waals surface area contributed by atoms with E-state index < -0.39 is 0 Å². The fraction of sp³-hybridized carbons (Fsp3) is 0.500. The summed E-state index contributed by atoms with van der Waals surface area (Å²) in [6.45, 7) is 5.32. The fourth-order valence-corrected chi connectivity index (χ4v) is 2.21. The molecule has 1 N–H and O–H groups in total. The van der Waals surface area contributed by atoms with E-state index in [2.05, 4.69) is 47.4 Å². The van der Waals surface area contributed by atoms with Crippen molar-refractivity contribution in [3.05, 3.63) is 47.5 Å². The van der Waals surface area contributed by atoms with Crippen LogP contribution in [0.1, 0.15) is 43.3 Å². The first-order chi connectivity index (χ1) is 9.72. The lowest BCUT2D eigenvalue weighted by atomic mass is 10.1. The zero-order valence-corrected chi connectivity index (χ0v) is 12.6. The number of nitrogens with zero attached hydrogens (tertiary/aromatic N) is 3. The Hall–Kier alpha value is -1.68. The molecule has 0 radical (unpaired) electrons. The minimum absolute atomic E-state index is 0.233. The van der Waals surface area contributed by atoms with Gasteiger partial charge >= 0.3 is 0 Å². The third kappa shape index (κ3) is 3.90. The molecule has 2 rings (SSSR count). The maximum Gasteiger partial charge on any atom is 0.0797 e. The normalized spacial score (nSPS) is 12.6. The molecule has 0 aliphatic carbocycles. The van der Waals surface area contributed by atoms with Crippen LogP contribution < -0.4 is 5.32 Å². The van der Waals surface area contributed by atoms with Crippen molar-refractivity contribution in [1.82, 2.24) is 20.1 Å². The van der Waals surface area contributed by atoms with Crippen molar-refractivity contribution in [1.29, 1.82) is 0 Å². The quantitative estimate of drug-likeness (QED) is 0.842. The van der Waals surface area contributed by atoms with Crippen molar-refractivity contribution in [3.63, 3.8) is 0 Å². The molecular weight excluding hydrogens is 248 g/mol. The summed E-state index contributed by atoms with van der Waals surface area (Å²) in [6, 6.07) is 6.60. The Morgan fingerprint density at radius 2 is 2.10 bits per heavy atom. The van der Waals surface area contributed by atoms with E-state index in [1.807, 2.05) is 24.1 Å². The predicted molar refractivity (Wildman–Crippen MR) is 81.6 cm³/mol. The van der Waals surface area contributed by atoms with E-state index in [1.54, 1.807) is 0 Å². The summed E-state index contributed by atoms with van der Waals surface area (Å²) in [5.41, 5.74) is 3.48. The summed E-state index contributed by atoms with van der Waals surface area (Å²) >= 11 is 0. The number of hydrogen-bond acceptors (Lipinski definition) is 3. The van der Waals surface area contributed by atoms with Gasteiger partial charge in [0.05, 0.1) is 11.7 Å².